The number of thiophene rings is 1. The van der Waals surface area contributed by atoms with E-state index in [2.05, 4.69) is 21.2 Å². The Morgan fingerprint density at radius 3 is 2.53 bits per heavy atom. The van der Waals surface area contributed by atoms with Crippen molar-refractivity contribution in [2.24, 2.45) is 0 Å². The van der Waals surface area contributed by atoms with Crippen LogP contribution in [0.5, 0.6) is 11.5 Å². The molecule has 30 heavy (non-hydrogen) atoms. The van der Waals surface area contributed by atoms with Gasteiger partial charge < -0.3 is 19.3 Å². The minimum atomic E-state index is 0.185. The summed E-state index contributed by atoms with van der Waals surface area (Å²) in [7, 11) is 1.64. The molecule has 3 heterocycles. The maximum atomic E-state index is 12.5. The van der Waals surface area contributed by atoms with E-state index in [1.54, 1.807) is 29.8 Å². The molecule has 2 aromatic heterocycles. The van der Waals surface area contributed by atoms with Crippen LogP contribution in [-0.2, 0) is 4.79 Å². The number of hydrogen-bond donors (Lipinski definition) is 0. The normalized spacial score (nSPS) is 14.0. The zero-order valence-corrected chi connectivity index (χ0v) is 18.5. The Morgan fingerprint density at radius 2 is 1.83 bits per heavy atom. The van der Waals surface area contributed by atoms with Gasteiger partial charge in [-0.25, -0.2) is 0 Å². The van der Waals surface area contributed by atoms with Crippen molar-refractivity contribution in [2.75, 3.05) is 44.8 Å². The topological polar surface area (TPSA) is 67.8 Å². The number of benzene rings is 1. The average molecular weight is 445 g/mol. The van der Waals surface area contributed by atoms with Gasteiger partial charge in [0.05, 0.1) is 18.6 Å². The monoisotopic (exact) mass is 444 g/mol. The van der Waals surface area contributed by atoms with Crippen molar-refractivity contribution >= 4 is 33.7 Å². The molecular formula is C21H24N4O3S2. The summed E-state index contributed by atoms with van der Waals surface area (Å²) in [6, 6.07) is 11.6. The highest BCUT2D eigenvalue weighted by Gasteiger charge is 2.23. The smallest absolute Gasteiger partial charge is 0.222 e. The molecule has 1 saturated heterocycles. The third-order valence-electron chi connectivity index (χ3n) is 4.91. The number of aromatic nitrogens is 2. The van der Waals surface area contributed by atoms with E-state index in [-0.39, 0.29) is 5.91 Å². The molecule has 158 valence electrons. The van der Waals surface area contributed by atoms with Gasteiger partial charge in [-0.3, -0.25) is 4.79 Å². The Hall–Kier alpha value is -2.65. The number of ether oxygens (including phenoxy) is 2. The van der Waals surface area contributed by atoms with Gasteiger partial charge in [0.2, 0.25) is 11.0 Å². The SMILES string of the molecule is COc1ccc(OCCCC(=O)N2CCN(c3nnc(-c4cccs4)s3)CC2)cc1. The zero-order chi connectivity index (χ0) is 20.8. The lowest BCUT2D eigenvalue weighted by molar-refractivity contribution is -0.131. The fourth-order valence-corrected chi connectivity index (χ4v) is 4.92. The molecule has 0 N–H and O–H groups in total. The van der Waals surface area contributed by atoms with E-state index in [0.29, 0.717) is 32.5 Å². The highest BCUT2D eigenvalue weighted by Crippen LogP contribution is 2.31. The first-order valence-corrected chi connectivity index (χ1v) is 11.6. The number of carbonyl (C=O) groups is 1. The zero-order valence-electron chi connectivity index (χ0n) is 16.8. The second kappa shape index (κ2) is 9.90. The highest BCUT2D eigenvalue weighted by molar-refractivity contribution is 7.22. The first-order chi connectivity index (χ1) is 14.7. The molecule has 0 saturated carbocycles. The van der Waals surface area contributed by atoms with E-state index in [9.17, 15) is 4.79 Å². The van der Waals surface area contributed by atoms with Crippen molar-refractivity contribution in [3.05, 3.63) is 41.8 Å². The molecule has 0 atom stereocenters. The lowest BCUT2D eigenvalue weighted by Gasteiger charge is -2.34. The van der Waals surface area contributed by atoms with Crippen LogP contribution in [0.25, 0.3) is 9.88 Å². The van der Waals surface area contributed by atoms with Crippen molar-refractivity contribution in [2.45, 2.75) is 12.8 Å². The molecule has 9 heteroatoms. The summed E-state index contributed by atoms with van der Waals surface area (Å²) in [4.78, 5) is 17.8. The van der Waals surface area contributed by atoms with Crippen molar-refractivity contribution in [1.29, 1.82) is 0 Å². The van der Waals surface area contributed by atoms with Crippen LogP contribution in [-0.4, -0.2) is 60.9 Å². The van der Waals surface area contributed by atoms with Gasteiger partial charge in [-0.15, -0.1) is 21.5 Å². The number of anilines is 1. The summed E-state index contributed by atoms with van der Waals surface area (Å²) in [5, 5.41) is 12.6. The molecule has 0 unspecified atom stereocenters. The third kappa shape index (κ3) is 5.09. The van der Waals surface area contributed by atoms with Gasteiger partial charge >= 0.3 is 0 Å². The molecule has 1 amide bonds. The molecule has 0 spiro atoms. The number of piperazine rings is 1. The van der Waals surface area contributed by atoms with Gasteiger partial charge in [0.25, 0.3) is 0 Å². The van der Waals surface area contributed by atoms with Gasteiger partial charge in [0, 0.05) is 32.6 Å². The predicted octanol–water partition coefficient (Wildman–Crippen LogP) is 3.78. The molecule has 0 aliphatic carbocycles. The fourth-order valence-electron chi connectivity index (χ4n) is 3.23. The van der Waals surface area contributed by atoms with Crippen LogP contribution in [0.15, 0.2) is 41.8 Å². The lowest BCUT2D eigenvalue weighted by Crippen LogP contribution is -2.48. The Labute approximate surface area is 183 Å². The second-order valence-electron chi connectivity index (χ2n) is 6.86. The average Bonchev–Trinajstić information content (AvgIpc) is 3.49. The molecule has 0 bridgehead atoms. The number of nitrogens with zero attached hydrogens (tertiary/aromatic N) is 4. The Morgan fingerprint density at radius 1 is 1.07 bits per heavy atom. The van der Waals surface area contributed by atoms with Crippen LogP contribution in [0.1, 0.15) is 12.8 Å². The molecule has 1 aliphatic heterocycles. The van der Waals surface area contributed by atoms with Gasteiger partial charge in [-0.05, 0) is 42.1 Å². The molecule has 1 aromatic carbocycles. The maximum absolute atomic E-state index is 12.5. The molecule has 1 fully saturated rings. The van der Waals surface area contributed by atoms with Crippen LogP contribution in [0.2, 0.25) is 0 Å². The van der Waals surface area contributed by atoms with E-state index in [1.807, 2.05) is 40.6 Å². The summed E-state index contributed by atoms with van der Waals surface area (Å²) in [5.74, 6) is 1.77. The minimum Gasteiger partial charge on any atom is -0.497 e. The summed E-state index contributed by atoms with van der Waals surface area (Å²) in [6.45, 7) is 3.52. The van der Waals surface area contributed by atoms with Crippen molar-refractivity contribution in [3.63, 3.8) is 0 Å². The molecule has 3 aromatic rings. The standard InChI is InChI=1S/C21H24N4O3S2/c1-27-16-6-8-17(9-7-16)28-14-2-5-19(26)24-10-12-25(13-11-24)21-23-22-20(30-21)18-4-3-15-29-18/h3-4,6-9,15H,2,5,10-14H2,1H3. The predicted molar refractivity (Wildman–Crippen MR) is 120 cm³/mol. The third-order valence-corrected chi connectivity index (χ3v) is 6.94. The minimum absolute atomic E-state index is 0.185. The number of carbonyl (C=O) groups excluding carboxylic acids is 1. The summed E-state index contributed by atoms with van der Waals surface area (Å²) >= 11 is 3.28. The Bertz CT molecular complexity index is 936. The highest BCUT2D eigenvalue weighted by atomic mass is 32.1. The number of rotatable bonds is 8. The molecule has 1 aliphatic rings. The first kappa shape index (κ1) is 20.6. The summed E-state index contributed by atoms with van der Waals surface area (Å²) in [5.41, 5.74) is 0. The van der Waals surface area contributed by atoms with Crippen molar-refractivity contribution in [3.8, 4) is 21.4 Å². The molecule has 0 radical (unpaired) electrons. The van der Waals surface area contributed by atoms with Crippen molar-refractivity contribution in [1.82, 2.24) is 15.1 Å². The van der Waals surface area contributed by atoms with Gasteiger partial charge in [0.15, 0.2) is 5.01 Å². The largest absolute Gasteiger partial charge is 0.497 e. The lowest BCUT2D eigenvalue weighted by atomic mass is 10.2. The van der Waals surface area contributed by atoms with E-state index in [1.165, 1.54) is 0 Å². The van der Waals surface area contributed by atoms with Crippen molar-refractivity contribution < 1.29 is 14.3 Å². The fraction of sp³-hybridized carbons (Fsp3) is 0.381. The van der Waals surface area contributed by atoms with E-state index in [4.69, 9.17) is 9.47 Å². The Balaban J connectivity index is 1.18. The van der Waals surface area contributed by atoms with Crippen LogP contribution in [0, 0.1) is 0 Å². The van der Waals surface area contributed by atoms with Crippen LogP contribution >= 0.6 is 22.7 Å². The Kier molecular flexibility index (Phi) is 6.81. The molecular weight excluding hydrogens is 420 g/mol. The van der Waals surface area contributed by atoms with Gasteiger partial charge in [0.1, 0.15) is 11.5 Å². The molecule has 7 nitrogen and oxygen atoms in total. The van der Waals surface area contributed by atoms with E-state index < -0.39 is 0 Å². The second-order valence-corrected chi connectivity index (χ2v) is 8.77. The quantitative estimate of drug-likeness (QED) is 0.493. The van der Waals surface area contributed by atoms with E-state index >= 15 is 0 Å². The van der Waals surface area contributed by atoms with Crippen LogP contribution < -0.4 is 14.4 Å². The summed E-state index contributed by atoms with van der Waals surface area (Å²) in [6.07, 6.45) is 1.20. The first-order valence-electron chi connectivity index (χ1n) is 9.90. The number of hydrogen-bond acceptors (Lipinski definition) is 8. The number of amides is 1. The maximum Gasteiger partial charge on any atom is 0.222 e. The van der Waals surface area contributed by atoms with Gasteiger partial charge in [-0.2, -0.15) is 0 Å². The van der Waals surface area contributed by atoms with Crippen LogP contribution in [0.3, 0.4) is 0 Å². The van der Waals surface area contributed by atoms with Crippen LogP contribution in [0.4, 0.5) is 5.13 Å². The van der Waals surface area contributed by atoms with Gasteiger partial charge in [-0.1, -0.05) is 17.4 Å². The van der Waals surface area contributed by atoms with E-state index in [0.717, 1.165) is 39.6 Å². The number of methoxy groups -OCH3 is 1. The molecule has 4 rings (SSSR count). The summed E-state index contributed by atoms with van der Waals surface area (Å²) < 4.78 is 10.8.